The minimum absolute atomic E-state index is 0.219. The lowest BCUT2D eigenvalue weighted by Crippen LogP contribution is -2.41. The van der Waals surface area contributed by atoms with Gasteiger partial charge in [0.15, 0.2) is 5.60 Å². The SMILES string of the molecule is C=CCN1C(=O)C(O)(CC(C)=O)c2cc(Br)ccc21. The molecular formula is C14H14BrNO3. The Morgan fingerprint density at radius 3 is 2.84 bits per heavy atom. The van der Waals surface area contributed by atoms with Crippen molar-refractivity contribution in [2.45, 2.75) is 18.9 Å². The molecule has 1 unspecified atom stereocenters. The lowest BCUT2D eigenvalue weighted by atomic mass is 9.90. The van der Waals surface area contributed by atoms with Crippen LogP contribution in [0.1, 0.15) is 18.9 Å². The molecule has 100 valence electrons. The van der Waals surface area contributed by atoms with Crippen molar-refractivity contribution in [3.63, 3.8) is 0 Å². The van der Waals surface area contributed by atoms with Crippen molar-refractivity contribution in [2.75, 3.05) is 11.4 Å². The third kappa shape index (κ3) is 2.24. The quantitative estimate of drug-likeness (QED) is 0.864. The summed E-state index contributed by atoms with van der Waals surface area (Å²) in [7, 11) is 0. The van der Waals surface area contributed by atoms with Crippen LogP contribution in [0.2, 0.25) is 0 Å². The van der Waals surface area contributed by atoms with Gasteiger partial charge in [-0.2, -0.15) is 0 Å². The fourth-order valence-electron chi connectivity index (χ4n) is 2.36. The number of amides is 1. The molecule has 19 heavy (non-hydrogen) atoms. The van der Waals surface area contributed by atoms with Crippen LogP contribution in [0.5, 0.6) is 0 Å². The van der Waals surface area contributed by atoms with Gasteiger partial charge < -0.3 is 10.0 Å². The zero-order chi connectivity index (χ0) is 14.2. The number of carbonyl (C=O) groups excluding carboxylic acids is 2. The summed E-state index contributed by atoms with van der Waals surface area (Å²) in [6, 6.07) is 5.22. The summed E-state index contributed by atoms with van der Waals surface area (Å²) in [5, 5.41) is 10.6. The van der Waals surface area contributed by atoms with Crippen LogP contribution < -0.4 is 4.90 Å². The van der Waals surface area contributed by atoms with Crippen LogP contribution >= 0.6 is 15.9 Å². The predicted octanol–water partition coefficient (Wildman–Crippen LogP) is 2.15. The fourth-order valence-corrected chi connectivity index (χ4v) is 2.73. The molecule has 5 heteroatoms. The van der Waals surface area contributed by atoms with Gasteiger partial charge in [-0.05, 0) is 25.1 Å². The first-order valence-electron chi connectivity index (χ1n) is 5.85. The highest BCUT2D eigenvalue weighted by Gasteiger charge is 2.50. The number of carbonyl (C=O) groups is 2. The van der Waals surface area contributed by atoms with Crippen molar-refractivity contribution in [1.29, 1.82) is 0 Å². The highest BCUT2D eigenvalue weighted by molar-refractivity contribution is 9.10. The van der Waals surface area contributed by atoms with Gasteiger partial charge in [-0.25, -0.2) is 0 Å². The van der Waals surface area contributed by atoms with E-state index in [2.05, 4.69) is 22.5 Å². The van der Waals surface area contributed by atoms with E-state index >= 15 is 0 Å². The second-order valence-electron chi connectivity index (χ2n) is 4.60. The van der Waals surface area contributed by atoms with E-state index in [1.165, 1.54) is 11.8 Å². The molecule has 0 saturated heterocycles. The van der Waals surface area contributed by atoms with Gasteiger partial charge in [0.25, 0.3) is 5.91 Å². The molecule has 4 nitrogen and oxygen atoms in total. The maximum absolute atomic E-state index is 12.4. The first-order chi connectivity index (χ1) is 8.90. The van der Waals surface area contributed by atoms with Gasteiger partial charge in [0.2, 0.25) is 0 Å². The molecule has 0 spiro atoms. The van der Waals surface area contributed by atoms with Crippen LogP contribution in [0.4, 0.5) is 5.69 Å². The molecule has 1 atom stereocenters. The number of halogens is 1. The number of benzene rings is 1. The van der Waals surface area contributed by atoms with E-state index in [9.17, 15) is 14.7 Å². The third-order valence-corrected chi connectivity index (χ3v) is 3.60. The van der Waals surface area contributed by atoms with Crippen molar-refractivity contribution >= 4 is 33.3 Å². The van der Waals surface area contributed by atoms with Crippen molar-refractivity contribution < 1.29 is 14.7 Å². The lowest BCUT2D eigenvalue weighted by molar-refractivity contribution is -0.141. The first-order valence-corrected chi connectivity index (χ1v) is 6.64. The Labute approximate surface area is 119 Å². The summed E-state index contributed by atoms with van der Waals surface area (Å²) in [5.74, 6) is -0.710. The summed E-state index contributed by atoms with van der Waals surface area (Å²) >= 11 is 3.32. The Hall–Kier alpha value is -1.46. The summed E-state index contributed by atoms with van der Waals surface area (Å²) in [6.45, 7) is 5.27. The number of fused-ring (bicyclic) bond motifs is 1. The van der Waals surface area contributed by atoms with Crippen molar-refractivity contribution in [3.05, 3.63) is 40.9 Å². The van der Waals surface area contributed by atoms with Crippen LogP contribution in [0.3, 0.4) is 0 Å². The minimum atomic E-state index is -1.77. The summed E-state index contributed by atoms with van der Waals surface area (Å²) < 4.78 is 0.751. The standard InChI is InChI=1S/C14H14BrNO3/c1-3-6-16-12-5-4-10(15)7-11(12)14(19,13(16)18)8-9(2)17/h3-5,7,19H,1,6,8H2,2H3. The topological polar surface area (TPSA) is 57.6 Å². The zero-order valence-electron chi connectivity index (χ0n) is 10.5. The van der Waals surface area contributed by atoms with Crippen molar-refractivity contribution in [2.24, 2.45) is 0 Å². The van der Waals surface area contributed by atoms with Crippen molar-refractivity contribution in [1.82, 2.24) is 0 Å². The van der Waals surface area contributed by atoms with Gasteiger partial charge in [0.05, 0.1) is 5.69 Å². The number of aliphatic hydroxyl groups is 1. The number of ketones is 1. The molecule has 1 aliphatic rings. The number of hydrogen-bond donors (Lipinski definition) is 1. The predicted molar refractivity (Wildman–Crippen MR) is 75.9 cm³/mol. The summed E-state index contributed by atoms with van der Waals surface area (Å²) in [5.41, 5.74) is -0.686. The molecule has 0 saturated carbocycles. The Bertz CT molecular complexity index is 570. The second kappa shape index (κ2) is 4.90. The Morgan fingerprint density at radius 1 is 1.58 bits per heavy atom. The van der Waals surface area contributed by atoms with Crippen molar-refractivity contribution in [3.8, 4) is 0 Å². The highest BCUT2D eigenvalue weighted by Crippen LogP contribution is 2.43. The monoisotopic (exact) mass is 323 g/mol. The van der Waals surface area contributed by atoms with Gasteiger partial charge >= 0.3 is 0 Å². The lowest BCUT2D eigenvalue weighted by Gasteiger charge is -2.21. The molecule has 0 fully saturated rings. The normalized spacial score (nSPS) is 21.4. The van der Waals surface area contributed by atoms with E-state index in [-0.39, 0.29) is 12.2 Å². The molecule has 0 aliphatic carbocycles. The van der Waals surface area contributed by atoms with E-state index in [0.29, 0.717) is 17.8 Å². The average molecular weight is 324 g/mol. The highest BCUT2D eigenvalue weighted by atomic mass is 79.9. The van der Waals surface area contributed by atoms with Crippen LogP contribution in [-0.2, 0) is 15.2 Å². The van der Waals surface area contributed by atoms with Gasteiger partial charge in [0, 0.05) is 23.0 Å². The van der Waals surface area contributed by atoms with Gasteiger partial charge in [-0.3, -0.25) is 9.59 Å². The van der Waals surface area contributed by atoms with Crippen LogP contribution in [0.15, 0.2) is 35.3 Å². The fraction of sp³-hybridized carbons (Fsp3) is 0.286. The van der Waals surface area contributed by atoms with Crippen LogP contribution in [0, 0.1) is 0 Å². The van der Waals surface area contributed by atoms with Gasteiger partial charge in [-0.15, -0.1) is 6.58 Å². The first kappa shape index (κ1) is 14.0. The number of anilines is 1. The molecular weight excluding hydrogens is 310 g/mol. The molecule has 0 aromatic heterocycles. The summed E-state index contributed by atoms with van der Waals surface area (Å²) in [4.78, 5) is 25.2. The largest absolute Gasteiger partial charge is 0.375 e. The molecule has 1 aromatic rings. The number of nitrogens with zero attached hydrogens (tertiary/aromatic N) is 1. The Morgan fingerprint density at radius 2 is 2.26 bits per heavy atom. The molecule has 1 heterocycles. The van der Waals surface area contributed by atoms with E-state index in [0.717, 1.165) is 4.47 Å². The van der Waals surface area contributed by atoms with Crippen LogP contribution in [-0.4, -0.2) is 23.3 Å². The maximum atomic E-state index is 12.4. The van der Waals surface area contributed by atoms with E-state index in [4.69, 9.17) is 0 Å². The molecule has 0 bridgehead atoms. The third-order valence-electron chi connectivity index (χ3n) is 3.11. The average Bonchev–Trinajstić information content (AvgIpc) is 2.51. The van der Waals surface area contributed by atoms with E-state index in [1.807, 2.05) is 0 Å². The van der Waals surface area contributed by atoms with E-state index < -0.39 is 11.5 Å². The van der Waals surface area contributed by atoms with Gasteiger partial charge in [0.1, 0.15) is 5.78 Å². The number of rotatable bonds is 4. The molecule has 1 N–H and O–H groups in total. The van der Waals surface area contributed by atoms with Gasteiger partial charge in [-0.1, -0.05) is 22.0 Å². The van der Waals surface area contributed by atoms with Crippen LogP contribution in [0.25, 0.3) is 0 Å². The minimum Gasteiger partial charge on any atom is -0.375 e. The number of hydrogen-bond acceptors (Lipinski definition) is 3. The molecule has 1 aromatic carbocycles. The smallest absolute Gasteiger partial charge is 0.264 e. The summed E-state index contributed by atoms with van der Waals surface area (Å²) in [6.07, 6.45) is 1.37. The second-order valence-corrected chi connectivity index (χ2v) is 5.52. The molecule has 2 rings (SSSR count). The zero-order valence-corrected chi connectivity index (χ0v) is 12.1. The Balaban J connectivity index is 2.59. The number of Topliss-reactive ketones (excluding diaryl/α,β-unsaturated/α-hetero) is 1. The molecule has 1 amide bonds. The molecule has 1 aliphatic heterocycles. The Kier molecular flexibility index (Phi) is 3.60. The van der Waals surface area contributed by atoms with E-state index in [1.54, 1.807) is 24.3 Å². The maximum Gasteiger partial charge on any atom is 0.264 e. The molecule has 0 radical (unpaired) electrons.